The molecule has 0 saturated carbocycles. The van der Waals surface area contributed by atoms with Crippen molar-refractivity contribution in [1.82, 2.24) is 9.78 Å². The van der Waals surface area contributed by atoms with Crippen molar-refractivity contribution < 1.29 is 9.31 Å². The fourth-order valence-corrected chi connectivity index (χ4v) is 2.12. The molecule has 0 spiro atoms. The molecule has 0 saturated heterocycles. The fraction of sp³-hybridized carbons (Fsp3) is 0.235. The van der Waals surface area contributed by atoms with Crippen LogP contribution in [0.4, 0.5) is 10.1 Å². The normalized spacial score (nSPS) is 10.6. The average Bonchev–Trinajstić information content (AvgIpc) is 2.83. The van der Waals surface area contributed by atoms with E-state index < -0.39 is 4.92 Å². The van der Waals surface area contributed by atoms with E-state index in [9.17, 15) is 14.5 Å². The van der Waals surface area contributed by atoms with Crippen LogP contribution in [0.1, 0.15) is 20.8 Å². The Hall–Kier alpha value is -2.65. The Balaban J connectivity index is 0.000000277. The quantitative estimate of drug-likeness (QED) is 0.337. The Morgan fingerprint density at radius 1 is 1.54 bits per heavy atom. The molecule has 2 rings (SSSR count). The molecular weight excluding hydrogens is 333 g/mol. The Bertz CT molecular complexity index is 843. The second kappa shape index (κ2) is 8.85. The Morgan fingerprint density at radius 3 is 2.71 bits per heavy atom. The number of allylic oxidation sites excluding steroid dienone is 4. The summed E-state index contributed by atoms with van der Waals surface area (Å²) in [6.45, 7) is 6.24. The molecule has 0 aliphatic carbocycles. The third-order valence-corrected chi connectivity index (χ3v) is 3.13. The lowest BCUT2D eigenvalue weighted by Gasteiger charge is -1.96. The summed E-state index contributed by atoms with van der Waals surface area (Å²) >= 11 is 5.88. The van der Waals surface area contributed by atoms with Crippen LogP contribution in [0.2, 0.25) is 5.15 Å². The number of nitro benzene ring substituents is 1. The number of fused-ring (bicyclic) bond motifs is 1. The van der Waals surface area contributed by atoms with Crippen molar-refractivity contribution in [2.75, 3.05) is 0 Å². The highest BCUT2D eigenvalue weighted by Gasteiger charge is 2.12. The fourth-order valence-electron chi connectivity index (χ4n) is 1.88. The largest absolute Gasteiger partial charge is 0.270 e. The van der Waals surface area contributed by atoms with Crippen molar-refractivity contribution in [1.29, 1.82) is 0 Å². The number of hydrogen-bond acceptors (Lipinski definition) is 3. The van der Waals surface area contributed by atoms with E-state index in [1.807, 2.05) is 20.8 Å². The molecule has 1 aromatic carbocycles. The lowest BCUT2D eigenvalue weighted by atomic mass is 10.2. The van der Waals surface area contributed by atoms with Crippen molar-refractivity contribution >= 4 is 28.2 Å². The first-order valence-corrected chi connectivity index (χ1v) is 7.45. The molecule has 0 atom stereocenters. The van der Waals surface area contributed by atoms with Gasteiger partial charge in [-0.15, -0.1) is 6.42 Å². The van der Waals surface area contributed by atoms with Gasteiger partial charge < -0.3 is 0 Å². The van der Waals surface area contributed by atoms with E-state index in [-0.39, 0.29) is 11.5 Å². The van der Waals surface area contributed by atoms with Gasteiger partial charge in [-0.3, -0.25) is 14.8 Å². The third-order valence-electron chi connectivity index (χ3n) is 2.85. The molecule has 0 fully saturated rings. The smallest absolute Gasteiger partial charge is 0.264 e. The Morgan fingerprint density at radius 2 is 2.21 bits per heavy atom. The summed E-state index contributed by atoms with van der Waals surface area (Å²) < 4.78 is 14.0. The molecular formula is C17H17ClFN3O2. The van der Waals surface area contributed by atoms with Crippen molar-refractivity contribution in [3.05, 3.63) is 57.0 Å². The third kappa shape index (κ3) is 5.21. The lowest BCUT2D eigenvalue weighted by Crippen LogP contribution is -1.95. The molecule has 0 bridgehead atoms. The van der Waals surface area contributed by atoms with Gasteiger partial charge in [0.25, 0.3) is 5.69 Å². The summed E-state index contributed by atoms with van der Waals surface area (Å²) in [7, 11) is 0. The van der Waals surface area contributed by atoms with Gasteiger partial charge in [0.1, 0.15) is 5.83 Å². The monoisotopic (exact) mass is 349 g/mol. The predicted octanol–water partition coefficient (Wildman–Crippen LogP) is 5.06. The summed E-state index contributed by atoms with van der Waals surface area (Å²) in [5, 5.41) is 15.6. The number of nitro groups is 1. The predicted molar refractivity (Wildman–Crippen MR) is 94.5 cm³/mol. The number of nitrogens with zero attached hydrogens (tertiary/aromatic N) is 3. The van der Waals surface area contributed by atoms with Gasteiger partial charge in [0.2, 0.25) is 0 Å². The molecule has 0 radical (unpaired) electrons. The van der Waals surface area contributed by atoms with Crippen molar-refractivity contribution in [3.63, 3.8) is 0 Å². The summed E-state index contributed by atoms with van der Waals surface area (Å²) in [5.41, 5.74) is 1.74. The van der Waals surface area contributed by atoms with Crippen molar-refractivity contribution in [2.24, 2.45) is 0 Å². The van der Waals surface area contributed by atoms with Gasteiger partial charge >= 0.3 is 0 Å². The van der Waals surface area contributed by atoms with E-state index in [2.05, 4.69) is 11.0 Å². The molecule has 0 N–H and O–H groups in total. The van der Waals surface area contributed by atoms with E-state index in [4.69, 9.17) is 18.0 Å². The highest BCUT2D eigenvalue weighted by Crippen LogP contribution is 2.26. The van der Waals surface area contributed by atoms with Crippen LogP contribution in [0.15, 0.2) is 41.8 Å². The molecule has 2 aromatic rings. The van der Waals surface area contributed by atoms with Crippen LogP contribution < -0.4 is 0 Å². The van der Waals surface area contributed by atoms with Gasteiger partial charge in [-0.1, -0.05) is 23.1 Å². The SMILES string of the molecule is C#C/C=C(/F)C=C(C)C.CCn1nc(Cl)c2cc([N+](=O)[O-])ccc21. The van der Waals surface area contributed by atoms with Crippen LogP contribution in [-0.4, -0.2) is 14.7 Å². The summed E-state index contributed by atoms with van der Waals surface area (Å²) in [5.74, 6) is 1.73. The molecule has 0 aliphatic rings. The van der Waals surface area contributed by atoms with Crippen LogP contribution in [0.25, 0.3) is 10.9 Å². The molecule has 126 valence electrons. The zero-order chi connectivity index (χ0) is 18.3. The molecule has 1 heterocycles. The average molecular weight is 350 g/mol. The maximum absolute atomic E-state index is 12.3. The molecule has 7 heteroatoms. The lowest BCUT2D eigenvalue weighted by molar-refractivity contribution is -0.384. The number of rotatable bonds is 3. The zero-order valence-corrected chi connectivity index (χ0v) is 14.3. The van der Waals surface area contributed by atoms with Crippen LogP contribution in [0.3, 0.4) is 0 Å². The van der Waals surface area contributed by atoms with Crippen LogP contribution in [0.5, 0.6) is 0 Å². The number of non-ortho nitro benzene ring substituents is 1. The number of halogens is 2. The van der Waals surface area contributed by atoms with E-state index in [0.717, 1.165) is 17.2 Å². The highest BCUT2D eigenvalue weighted by molar-refractivity contribution is 6.34. The Kier molecular flexibility index (Phi) is 7.15. The van der Waals surface area contributed by atoms with Crippen molar-refractivity contribution in [3.8, 4) is 12.3 Å². The number of aryl methyl sites for hydroxylation is 1. The second-order valence-electron chi connectivity index (χ2n) is 4.98. The number of terminal acetylenes is 1. The van der Waals surface area contributed by atoms with E-state index in [1.165, 1.54) is 18.2 Å². The van der Waals surface area contributed by atoms with Gasteiger partial charge in [-0.2, -0.15) is 5.10 Å². The van der Waals surface area contributed by atoms with Gasteiger partial charge in [-0.05, 0) is 32.9 Å². The molecule has 1 aromatic heterocycles. The topological polar surface area (TPSA) is 61.0 Å². The van der Waals surface area contributed by atoms with Crippen LogP contribution in [0, 0.1) is 22.5 Å². The zero-order valence-electron chi connectivity index (χ0n) is 13.6. The first kappa shape index (κ1) is 19.4. The van der Waals surface area contributed by atoms with Gasteiger partial charge in [0.15, 0.2) is 5.15 Å². The molecule has 0 unspecified atom stereocenters. The first-order valence-electron chi connectivity index (χ1n) is 7.07. The van der Waals surface area contributed by atoms with Crippen LogP contribution in [-0.2, 0) is 6.54 Å². The minimum Gasteiger partial charge on any atom is -0.264 e. The maximum Gasteiger partial charge on any atom is 0.270 e. The number of hydrogen-bond donors (Lipinski definition) is 0. The maximum atomic E-state index is 12.3. The summed E-state index contributed by atoms with van der Waals surface area (Å²) in [6.07, 6.45) is 7.29. The van der Waals surface area contributed by atoms with Crippen molar-refractivity contribution in [2.45, 2.75) is 27.3 Å². The van der Waals surface area contributed by atoms with E-state index in [1.54, 1.807) is 10.7 Å². The highest BCUT2D eigenvalue weighted by atomic mass is 35.5. The van der Waals surface area contributed by atoms with E-state index >= 15 is 0 Å². The van der Waals surface area contributed by atoms with Crippen LogP contribution >= 0.6 is 11.6 Å². The van der Waals surface area contributed by atoms with Gasteiger partial charge in [0, 0.05) is 30.1 Å². The second-order valence-corrected chi connectivity index (χ2v) is 5.34. The van der Waals surface area contributed by atoms with Gasteiger partial charge in [0.05, 0.1) is 10.4 Å². The first-order chi connectivity index (χ1) is 11.3. The standard InChI is InChI=1S/C9H8ClN3O2.C8H9F/c1-2-12-8-4-3-6(13(14)15)5-7(8)9(10)11-12;1-4-5-8(9)6-7(2)3/h3-5H,2H2,1H3;1,5-6H,2-3H3/b;8-5+. The molecule has 0 amide bonds. The molecule has 5 nitrogen and oxygen atoms in total. The molecule has 24 heavy (non-hydrogen) atoms. The minimum atomic E-state index is -0.445. The summed E-state index contributed by atoms with van der Waals surface area (Å²) in [4.78, 5) is 10.1. The molecule has 0 aliphatic heterocycles. The minimum absolute atomic E-state index is 0.0278. The van der Waals surface area contributed by atoms with E-state index in [0.29, 0.717) is 17.1 Å². The number of aromatic nitrogens is 2. The number of benzene rings is 1. The Labute approximate surface area is 144 Å². The van der Waals surface area contributed by atoms with Gasteiger partial charge in [-0.25, -0.2) is 4.39 Å². The summed E-state index contributed by atoms with van der Waals surface area (Å²) in [6, 6.07) is 4.55.